The van der Waals surface area contributed by atoms with Gasteiger partial charge in [0.25, 0.3) is 5.91 Å². The molecular weight excluding hydrogens is 406 g/mol. The van der Waals surface area contributed by atoms with Crippen LogP contribution in [0.15, 0.2) is 88.1 Å². The molecule has 7 heteroatoms. The number of rotatable bonds is 4. The highest BCUT2D eigenvalue weighted by molar-refractivity contribution is 6.34. The van der Waals surface area contributed by atoms with Gasteiger partial charge in [0.2, 0.25) is 0 Å². The maximum Gasteiger partial charge on any atom is 0.351 e. The smallest absolute Gasteiger partial charge is 0.351 e. The van der Waals surface area contributed by atoms with Crippen LogP contribution in [0.4, 0.5) is 5.69 Å². The Hall–Kier alpha value is -3.90. The number of carbonyl (C=O) groups is 2. The summed E-state index contributed by atoms with van der Waals surface area (Å²) in [7, 11) is 0. The van der Waals surface area contributed by atoms with Crippen molar-refractivity contribution in [1.29, 1.82) is 0 Å². The number of benzene rings is 3. The van der Waals surface area contributed by atoms with E-state index in [1.54, 1.807) is 60.7 Å². The Kier molecular flexibility index (Phi) is 5.32. The van der Waals surface area contributed by atoms with Gasteiger partial charge in [0.05, 0.1) is 10.6 Å². The van der Waals surface area contributed by atoms with Gasteiger partial charge in [-0.05, 0) is 48.5 Å². The van der Waals surface area contributed by atoms with Gasteiger partial charge in [-0.2, -0.15) is 0 Å². The molecule has 0 atom stereocenters. The van der Waals surface area contributed by atoms with Gasteiger partial charge in [-0.15, -0.1) is 0 Å². The third kappa shape index (κ3) is 4.09. The van der Waals surface area contributed by atoms with E-state index in [9.17, 15) is 14.4 Å². The van der Waals surface area contributed by atoms with E-state index < -0.39 is 11.6 Å². The number of anilines is 1. The number of nitrogens with one attached hydrogen (secondary N) is 1. The number of para-hydroxylation sites is 1. The second-order valence-corrected chi connectivity index (χ2v) is 6.74. The summed E-state index contributed by atoms with van der Waals surface area (Å²) in [4.78, 5) is 36.8. The molecule has 0 aliphatic carbocycles. The Morgan fingerprint density at radius 1 is 0.867 bits per heavy atom. The van der Waals surface area contributed by atoms with E-state index in [1.807, 2.05) is 0 Å². The molecular formula is C23H14ClNO5. The first-order valence-electron chi connectivity index (χ1n) is 8.92. The minimum Gasteiger partial charge on any atom is -0.423 e. The molecule has 0 spiro atoms. The van der Waals surface area contributed by atoms with Crippen molar-refractivity contribution in [2.24, 2.45) is 0 Å². The lowest BCUT2D eigenvalue weighted by atomic mass is 10.2. The Bertz CT molecular complexity index is 1310. The van der Waals surface area contributed by atoms with E-state index in [1.165, 1.54) is 18.2 Å². The number of hydrogen-bond donors (Lipinski definition) is 1. The van der Waals surface area contributed by atoms with Crippen molar-refractivity contribution in [2.45, 2.75) is 0 Å². The van der Waals surface area contributed by atoms with E-state index in [0.717, 1.165) is 0 Å². The number of ether oxygens (including phenoxy) is 1. The summed E-state index contributed by atoms with van der Waals surface area (Å²) in [5, 5.41) is 3.67. The molecule has 4 aromatic rings. The number of fused-ring (bicyclic) bond motifs is 1. The second-order valence-electron chi connectivity index (χ2n) is 6.33. The lowest BCUT2D eigenvalue weighted by Gasteiger charge is -2.08. The number of esters is 1. The zero-order chi connectivity index (χ0) is 21.1. The Balaban J connectivity index is 1.48. The Labute approximate surface area is 175 Å². The first-order valence-corrected chi connectivity index (χ1v) is 9.30. The lowest BCUT2D eigenvalue weighted by Crippen LogP contribution is -2.18. The van der Waals surface area contributed by atoms with E-state index in [0.29, 0.717) is 27.2 Å². The second kappa shape index (κ2) is 8.23. The van der Waals surface area contributed by atoms with Crippen molar-refractivity contribution in [2.75, 3.05) is 5.32 Å². The summed E-state index contributed by atoms with van der Waals surface area (Å²) in [5.74, 6) is -0.982. The molecule has 0 aliphatic rings. The zero-order valence-electron chi connectivity index (χ0n) is 15.4. The van der Waals surface area contributed by atoms with Gasteiger partial charge in [0.1, 0.15) is 16.9 Å². The van der Waals surface area contributed by atoms with E-state index in [4.69, 9.17) is 20.8 Å². The van der Waals surface area contributed by atoms with Crippen LogP contribution in [0.2, 0.25) is 5.02 Å². The molecule has 30 heavy (non-hydrogen) atoms. The van der Waals surface area contributed by atoms with Gasteiger partial charge < -0.3 is 14.5 Å². The van der Waals surface area contributed by atoms with Gasteiger partial charge in [-0.1, -0.05) is 41.9 Å². The molecule has 0 bridgehead atoms. The van der Waals surface area contributed by atoms with Crippen LogP contribution in [0.25, 0.3) is 11.0 Å². The molecule has 0 fully saturated rings. The number of amides is 1. The standard InChI is InChI=1S/C23H14ClNO5/c24-19-7-3-2-6-17(19)21(26)25-15-9-11-16(12-10-15)29-22(27)18-13-14-5-1-4-8-20(14)30-23(18)28/h1-13H,(H,25,26). The molecule has 6 nitrogen and oxygen atoms in total. The third-order valence-corrected chi connectivity index (χ3v) is 4.63. The van der Waals surface area contributed by atoms with Gasteiger partial charge >= 0.3 is 11.6 Å². The minimum atomic E-state index is -0.831. The number of halogens is 1. The fourth-order valence-electron chi connectivity index (χ4n) is 2.82. The summed E-state index contributed by atoms with van der Waals surface area (Å²) in [5.41, 5.74) is 0.243. The van der Waals surface area contributed by atoms with Crippen molar-refractivity contribution >= 4 is 40.1 Å². The Morgan fingerprint density at radius 3 is 2.33 bits per heavy atom. The Morgan fingerprint density at radius 2 is 1.57 bits per heavy atom. The summed E-state index contributed by atoms with van der Waals surface area (Å²) < 4.78 is 10.4. The lowest BCUT2D eigenvalue weighted by molar-refractivity contribution is 0.0730. The average molecular weight is 420 g/mol. The van der Waals surface area contributed by atoms with Crippen molar-refractivity contribution in [3.05, 3.63) is 105 Å². The zero-order valence-corrected chi connectivity index (χ0v) is 16.2. The third-order valence-electron chi connectivity index (χ3n) is 4.30. The fourth-order valence-corrected chi connectivity index (χ4v) is 3.04. The van der Waals surface area contributed by atoms with Crippen molar-refractivity contribution in [3.63, 3.8) is 0 Å². The van der Waals surface area contributed by atoms with Crippen LogP contribution >= 0.6 is 11.6 Å². The molecule has 1 amide bonds. The highest BCUT2D eigenvalue weighted by Gasteiger charge is 2.16. The number of hydrogen-bond acceptors (Lipinski definition) is 5. The summed E-state index contributed by atoms with van der Waals surface area (Å²) in [6.07, 6.45) is 0. The monoisotopic (exact) mass is 419 g/mol. The molecule has 1 aromatic heterocycles. The highest BCUT2D eigenvalue weighted by Crippen LogP contribution is 2.20. The summed E-state index contributed by atoms with van der Waals surface area (Å²) >= 11 is 6.02. The molecule has 0 aliphatic heterocycles. The average Bonchev–Trinajstić information content (AvgIpc) is 2.74. The predicted octanol–water partition coefficient (Wildman–Crippen LogP) is 4.92. The molecule has 0 saturated heterocycles. The first-order chi connectivity index (χ1) is 14.5. The summed E-state index contributed by atoms with van der Waals surface area (Å²) in [6, 6.07) is 21.1. The molecule has 0 radical (unpaired) electrons. The quantitative estimate of drug-likeness (QED) is 0.288. The van der Waals surface area contributed by atoms with Crippen LogP contribution < -0.4 is 15.7 Å². The van der Waals surface area contributed by atoms with E-state index in [-0.39, 0.29) is 17.2 Å². The van der Waals surface area contributed by atoms with Gasteiger partial charge in [-0.3, -0.25) is 4.79 Å². The van der Waals surface area contributed by atoms with Crippen LogP contribution in [0.5, 0.6) is 5.75 Å². The SMILES string of the molecule is O=C(Nc1ccc(OC(=O)c2cc3ccccc3oc2=O)cc1)c1ccccc1Cl. The maximum atomic E-state index is 12.4. The van der Waals surface area contributed by atoms with Gasteiger partial charge in [0.15, 0.2) is 0 Å². The minimum absolute atomic E-state index is 0.204. The van der Waals surface area contributed by atoms with Crippen molar-refractivity contribution in [3.8, 4) is 5.75 Å². The summed E-state index contributed by atoms with van der Waals surface area (Å²) in [6.45, 7) is 0. The predicted molar refractivity (Wildman–Crippen MR) is 113 cm³/mol. The molecule has 3 aromatic carbocycles. The molecule has 1 N–H and O–H groups in total. The van der Waals surface area contributed by atoms with Crippen LogP contribution in [0.1, 0.15) is 20.7 Å². The van der Waals surface area contributed by atoms with Gasteiger partial charge in [0, 0.05) is 11.1 Å². The topological polar surface area (TPSA) is 85.6 Å². The van der Waals surface area contributed by atoms with E-state index >= 15 is 0 Å². The van der Waals surface area contributed by atoms with Crippen molar-refractivity contribution in [1.82, 2.24) is 0 Å². The van der Waals surface area contributed by atoms with E-state index in [2.05, 4.69) is 5.32 Å². The largest absolute Gasteiger partial charge is 0.423 e. The van der Waals surface area contributed by atoms with Crippen LogP contribution in [-0.2, 0) is 0 Å². The molecule has 148 valence electrons. The number of carbonyl (C=O) groups excluding carboxylic acids is 2. The van der Waals surface area contributed by atoms with Crippen molar-refractivity contribution < 1.29 is 18.7 Å². The molecule has 4 rings (SSSR count). The first kappa shape index (κ1) is 19.4. The highest BCUT2D eigenvalue weighted by atomic mass is 35.5. The molecule has 1 heterocycles. The maximum absolute atomic E-state index is 12.4. The van der Waals surface area contributed by atoms with Crippen LogP contribution in [0.3, 0.4) is 0 Å². The van der Waals surface area contributed by atoms with Crippen LogP contribution in [-0.4, -0.2) is 11.9 Å². The molecule has 0 saturated carbocycles. The normalized spacial score (nSPS) is 10.6. The fraction of sp³-hybridized carbons (Fsp3) is 0. The van der Waals surface area contributed by atoms with Gasteiger partial charge in [-0.25, -0.2) is 9.59 Å². The van der Waals surface area contributed by atoms with Crippen LogP contribution in [0, 0.1) is 0 Å². The molecule has 0 unspecified atom stereocenters.